The van der Waals surface area contributed by atoms with E-state index in [9.17, 15) is 13.0 Å². The molecule has 1 saturated heterocycles. The summed E-state index contributed by atoms with van der Waals surface area (Å²) in [6.45, 7) is 2.21. The van der Waals surface area contributed by atoms with Gasteiger partial charge in [-0.2, -0.15) is 8.78 Å². The van der Waals surface area contributed by atoms with E-state index in [2.05, 4.69) is 27.1 Å². The molecule has 0 aliphatic carbocycles. The van der Waals surface area contributed by atoms with E-state index in [-0.39, 0.29) is 11.1 Å². The number of nitrogens with zero attached hydrogens (tertiary/aromatic N) is 5. The first-order valence-electron chi connectivity index (χ1n) is 10.00. The van der Waals surface area contributed by atoms with Gasteiger partial charge in [-0.1, -0.05) is 18.2 Å². The first kappa shape index (κ1) is 21.5. The van der Waals surface area contributed by atoms with E-state index in [1.165, 1.54) is 6.20 Å². The fraction of sp³-hybridized carbons (Fsp3) is 0.381. The minimum absolute atomic E-state index is 0.0100. The molecule has 0 radical (unpaired) electrons. The maximum atomic E-state index is 13.5. The van der Waals surface area contributed by atoms with E-state index in [1.54, 1.807) is 12.1 Å². The Kier molecular flexibility index (Phi) is 6.67. The van der Waals surface area contributed by atoms with Gasteiger partial charge in [0.1, 0.15) is 11.0 Å². The van der Waals surface area contributed by atoms with Crippen molar-refractivity contribution in [2.75, 3.05) is 24.4 Å². The van der Waals surface area contributed by atoms with Crippen LogP contribution in [-0.2, 0) is 17.5 Å². The molecule has 1 unspecified atom stereocenters. The molecule has 7 nitrogen and oxygen atoms in total. The van der Waals surface area contributed by atoms with Gasteiger partial charge >= 0.3 is 6.43 Å². The molecule has 164 valence electrons. The van der Waals surface area contributed by atoms with Crippen LogP contribution in [0.3, 0.4) is 0 Å². The number of piperidine rings is 1. The highest BCUT2D eigenvalue weighted by Gasteiger charge is 2.27. The number of aromatic nitrogens is 3. The Hall–Kier alpha value is -2.72. The smallest absolute Gasteiger partial charge is 0.314 e. The molecule has 1 atom stereocenters. The quantitative estimate of drug-likeness (QED) is 0.548. The average molecular weight is 448 g/mol. The van der Waals surface area contributed by atoms with Gasteiger partial charge in [0.15, 0.2) is 0 Å². The van der Waals surface area contributed by atoms with Gasteiger partial charge < -0.3 is 9.32 Å². The van der Waals surface area contributed by atoms with Crippen LogP contribution in [0.5, 0.6) is 0 Å². The SMILES string of the molecule is CN1CCC(S(=O)N(Cc2ccc(-c3nnc(C(F)F)o3)cn2)c2ccccc2)CC1. The van der Waals surface area contributed by atoms with Crippen molar-refractivity contribution in [3.05, 3.63) is 60.2 Å². The molecule has 3 aromatic rings. The molecule has 0 bridgehead atoms. The van der Waals surface area contributed by atoms with Gasteiger partial charge in [0.25, 0.3) is 5.89 Å². The predicted molar refractivity (Wildman–Crippen MR) is 114 cm³/mol. The summed E-state index contributed by atoms with van der Waals surface area (Å²) in [5.74, 6) is -0.730. The first-order chi connectivity index (χ1) is 15.0. The molecule has 0 saturated carbocycles. The van der Waals surface area contributed by atoms with Crippen LogP contribution in [0.1, 0.15) is 30.9 Å². The Morgan fingerprint density at radius 2 is 1.90 bits per heavy atom. The first-order valence-corrected chi connectivity index (χ1v) is 11.2. The molecule has 10 heteroatoms. The molecule has 31 heavy (non-hydrogen) atoms. The second-order valence-corrected chi connectivity index (χ2v) is 9.10. The van der Waals surface area contributed by atoms with Crippen molar-refractivity contribution < 1.29 is 17.4 Å². The number of hydrogen-bond donors (Lipinski definition) is 0. The van der Waals surface area contributed by atoms with Gasteiger partial charge in [-0.15, -0.1) is 10.2 Å². The lowest BCUT2D eigenvalue weighted by Crippen LogP contribution is -2.40. The molecule has 1 aliphatic rings. The number of likely N-dealkylation sites (tertiary alicyclic amines) is 1. The molecule has 3 heterocycles. The van der Waals surface area contributed by atoms with Crippen LogP contribution >= 0.6 is 0 Å². The van der Waals surface area contributed by atoms with Gasteiger partial charge in [-0.3, -0.25) is 9.29 Å². The highest BCUT2D eigenvalue weighted by Crippen LogP contribution is 2.26. The highest BCUT2D eigenvalue weighted by molar-refractivity contribution is 7.87. The van der Waals surface area contributed by atoms with Crippen LogP contribution in [0, 0.1) is 0 Å². The summed E-state index contributed by atoms with van der Waals surface area (Å²) >= 11 is 0. The molecule has 0 spiro atoms. The fourth-order valence-electron chi connectivity index (χ4n) is 3.45. The van der Waals surface area contributed by atoms with Crippen molar-refractivity contribution >= 4 is 16.7 Å². The Morgan fingerprint density at radius 1 is 1.16 bits per heavy atom. The Labute approximate surface area is 181 Å². The molecule has 2 aromatic heterocycles. The Bertz CT molecular complexity index is 1010. The standard InChI is InChI=1S/C21H23F2N5O2S/c1-27-11-9-18(10-12-27)31(29)28(17-5-3-2-4-6-17)14-16-8-7-15(13-24-16)20-25-26-21(30-20)19(22)23/h2-8,13,18-19H,9-12,14H2,1H3. The lowest BCUT2D eigenvalue weighted by atomic mass is 10.1. The van der Waals surface area contributed by atoms with E-state index in [0.717, 1.165) is 31.6 Å². The van der Waals surface area contributed by atoms with Gasteiger partial charge in [0, 0.05) is 11.9 Å². The average Bonchev–Trinajstić information content (AvgIpc) is 3.29. The van der Waals surface area contributed by atoms with Gasteiger partial charge in [0.2, 0.25) is 5.89 Å². The van der Waals surface area contributed by atoms with E-state index >= 15 is 0 Å². The van der Waals surface area contributed by atoms with Crippen molar-refractivity contribution in [1.82, 2.24) is 20.1 Å². The zero-order valence-corrected chi connectivity index (χ0v) is 17.8. The third-order valence-electron chi connectivity index (χ3n) is 5.22. The lowest BCUT2D eigenvalue weighted by molar-refractivity contribution is 0.116. The number of alkyl halides is 2. The molecule has 0 amide bonds. The maximum Gasteiger partial charge on any atom is 0.314 e. The third-order valence-corrected chi connectivity index (χ3v) is 7.03. The maximum absolute atomic E-state index is 13.5. The molecular weight excluding hydrogens is 424 g/mol. The number of benzene rings is 1. The predicted octanol–water partition coefficient (Wildman–Crippen LogP) is 3.83. The summed E-state index contributed by atoms with van der Waals surface area (Å²) < 4.78 is 45.6. The number of rotatable bonds is 7. The van der Waals surface area contributed by atoms with Crippen molar-refractivity contribution in [1.29, 1.82) is 0 Å². The number of halogens is 2. The largest absolute Gasteiger partial charge is 0.415 e. The van der Waals surface area contributed by atoms with Crippen molar-refractivity contribution in [2.45, 2.75) is 31.1 Å². The number of hydrogen-bond acceptors (Lipinski definition) is 6. The van der Waals surface area contributed by atoms with Crippen molar-refractivity contribution in [2.24, 2.45) is 0 Å². The van der Waals surface area contributed by atoms with E-state index in [1.807, 2.05) is 34.6 Å². The molecule has 0 N–H and O–H groups in total. The zero-order valence-electron chi connectivity index (χ0n) is 17.0. The van der Waals surface area contributed by atoms with Crippen molar-refractivity contribution in [3.8, 4) is 11.5 Å². The molecule has 1 fully saturated rings. The summed E-state index contributed by atoms with van der Waals surface area (Å²) in [6, 6.07) is 13.1. The Balaban J connectivity index is 1.53. The lowest BCUT2D eigenvalue weighted by Gasteiger charge is -2.33. The second-order valence-electron chi connectivity index (χ2n) is 7.44. The van der Waals surface area contributed by atoms with E-state index < -0.39 is 23.3 Å². The summed E-state index contributed by atoms with van der Waals surface area (Å²) in [7, 11) is 0.865. The topological polar surface area (TPSA) is 75.4 Å². The minimum Gasteiger partial charge on any atom is -0.415 e. The van der Waals surface area contributed by atoms with Crippen LogP contribution in [0.25, 0.3) is 11.5 Å². The molecule has 1 aliphatic heterocycles. The number of para-hydroxylation sites is 1. The minimum atomic E-state index is -2.82. The normalized spacial score (nSPS) is 16.5. The van der Waals surface area contributed by atoms with Gasteiger partial charge in [-0.25, -0.2) is 4.21 Å². The van der Waals surface area contributed by atoms with Crippen LogP contribution in [0.15, 0.2) is 53.1 Å². The number of pyridine rings is 1. The summed E-state index contributed by atoms with van der Waals surface area (Å²) in [5, 5.41) is 7.06. The number of anilines is 1. The van der Waals surface area contributed by atoms with Crippen LogP contribution in [0.2, 0.25) is 0 Å². The summed E-state index contributed by atoms with van der Waals surface area (Å²) in [4.78, 5) is 6.66. The molecule has 1 aromatic carbocycles. The molecular formula is C21H23F2N5O2S. The molecule has 4 rings (SSSR count). The monoisotopic (exact) mass is 447 g/mol. The highest BCUT2D eigenvalue weighted by atomic mass is 32.2. The van der Waals surface area contributed by atoms with E-state index in [0.29, 0.717) is 17.8 Å². The van der Waals surface area contributed by atoms with Crippen LogP contribution < -0.4 is 4.31 Å². The van der Waals surface area contributed by atoms with E-state index in [4.69, 9.17) is 4.42 Å². The van der Waals surface area contributed by atoms with Crippen LogP contribution in [-0.4, -0.2) is 49.7 Å². The summed E-state index contributed by atoms with van der Waals surface area (Å²) in [6.07, 6.45) is 0.437. The fourth-order valence-corrected chi connectivity index (χ4v) is 5.01. The summed E-state index contributed by atoms with van der Waals surface area (Å²) in [5.41, 5.74) is 2.01. The van der Waals surface area contributed by atoms with Crippen molar-refractivity contribution in [3.63, 3.8) is 0 Å². The van der Waals surface area contributed by atoms with Gasteiger partial charge in [-0.05, 0) is 57.2 Å². The zero-order chi connectivity index (χ0) is 21.8. The van der Waals surface area contributed by atoms with Gasteiger partial charge in [0.05, 0.1) is 23.1 Å². The Morgan fingerprint density at radius 3 is 2.52 bits per heavy atom. The third kappa shape index (κ3) is 5.13. The van der Waals surface area contributed by atoms with Crippen LogP contribution in [0.4, 0.5) is 14.5 Å². The second kappa shape index (κ2) is 9.61.